The smallest absolute Gasteiger partial charge is 0.416 e. The summed E-state index contributed by atoms with van der Waals surface area (Å²) in [6, 6.07) is 10.5. The van der Waals surface area contributed by atoms with Gasteiger partial charge in [0.25, 0.3) is 0 Å². The molecule has 0 saturated heterocycles. The van der Waals surface area contributed by atoms with Gasteiger partial charge in [-0.05, 0) is 29.3 Å². The summed E-state index contributed by atoms with van der Waals surface area (Å²) in [5.41, 5.74) is 10.7. The number of carboxylic acid groups (broad SMARTS) is 1. The van der Waals surface area contributed by atoms with Crippen LogP contribution in [0.5, 0.6) is 0 Å². The van der Waals surface area contributed by atoms with Gasteiger partial charge in [0.1, 0.15) is 17.5 Å². The van der Waals surface area contributed by atoms with Crippen LogP contribution < -0.4 is 11.5 Å². The van der Waals surface area contributed by atoms with Gasteiger partial charge in [0, 0.05) is 5.56 Å². The zero-order valence-electron chi connectivity index (χ0n) is 14.5. The van der Waals surface area contributed by atoms with Crippen molar-refractivity contribution in [3.63, 3.8) is 0 Å². The van der Waals surface area contributed by atoms with Gasteiger partial charge in [-0.1, -0.05) is 24.3 Å². The molecule has 3 aromatic rings. The highest BCUT2D eigenvalue weighted by molar-refractivity contribution is 5.90. The van der Waals surface area contributed by atoms with Gasteiger partial charge in [-0.25, -0.2) is 9.78 Å². The van der Waals surface area contributed by atoms with Crippen LogP contribution >= 0.6 is 0 Å². The van der Waals surface area contributed by atoms with E-state index in [0.717, 1.165) is 12.1 Å². The zero-order chi connectivity index (χ0) is 21.3. The third-order valence-electron chi connectivity index (χ3n) is 4.07. The number of benzene rings is 2. The minimum absolute atomic E-state index is 0.0131. The molecular weight excluding hydrogens is 387 g/mol. The molecule has 5 N–H and O–H groups in total. The second-order valence-corrected chi connectivity index (χ2v) is 5.98. The number of nitrogen functional groups attached to an aromatic ring is 2. The molecular formula is C19H12F3N5O2. The van der Waals surface area contributed by atoms with Gasteiger partial charge in [-0.3, -0.25) is 0 Å². The second kappa shape index (κ2) is 7.12. The summed E-state index contributed by atoms with van der Waals surface area (Å²) >= 11 is 0. The molecule has 0 spiro atoms. The van der Waals surface area contributed by atoms with Crippen LogP contribution in [0.2, 0.25) is 0 Å². The molecule has 0 bridgehead atoms. The van der Waals surface area contributed by atoms with Crippen molar-refractivity contribution in [3.8, 4) is 28.5 Å². The van der Waals surface area contributed by atoms with Gasteiger partial charge in [0.05, 0.1) is 16.8 Å². The topological polar surface area (TPSA) is 139 Å². The molecule has 0 radical (unpaired) electrons. The predicted octanol–water partition coefficient (Wildman–Crippen LogP) is 3.56. The lowest BCUT2D eigenvalue weighted by Gasteiger charge is -2.12. The Balaban J connectivity index is 2.10. The summed E-state index contributed by atoms with van der Waals surface area (Å²) in [6.45, 7) is 0. The molecule has 0 amide bonds. The average molecular weight is 399 g/mol. The van der Waals surface area contributed by atoms with E-state index in [1.807, 2.05) is 6.07 Å². The normalized spacial score (nSPS) is 11.1. The lowest BCUT2D eigenvalue weighted by atomic mass is 9.97. The molecule has 0 aliphatic heterocycles. The van der Waals surface area contributed by atoms with Crippen molar-refractivity contribution < 1.29 is 23.1 Å². The lowest BCUT2D eigenvalue weighted by Crippen LogP contribution is -2.08. The number of carbonyl (C=O) groups is 1. The molecule has 3 rings (SSSR count). The summed E-state index contributed by atoms with van der Waals surface area (Å²) < 4.78 is 39.3. The maximum Gasteiger partial charge on any atom is 0.416 e. The van der Waals surface area contributed by atoms with Crippen molar-refractivity contribution in [3.05, 3.63) is 59.2 Å². The number of halogens is 3. The van der Waals surface area contributed by atoms with Crippen LogP contribution in [0, 0.1) is 11.3 Å². The summed E-state index contributed by atoms with van der Waals surface area (Å²) in [4.78, 5) is 18.9. The third kappa shape index (κ3) is 3.93. The maximum absolute atomic E-state index is 13.1. The fraction of sp³-hybridized carbons (Fsp3) is 0.0526. The SMILES string of the molecule is N#Cc1c(N)nc(N)nc1-c1ccc(-c2cc(C(=O)O)cc(C(F)(F)F)c2)cc1. The number of hydrogen-bond donors (Lipinski definition) is 3. The van der Waals surface area contributed by atoms with Gasteiger partial charge in [-0.2, -0.15) is 23.4 Å². The summed E-state index contributed by atoms with van der Waals surface area (Å²) in [5.74, 6) is -1.70. The number of rotatable bonds is 3. The minimum Gasteiger partial charge on any atom is -0.478 e. The van der Waals surface area contributed by atoms with Gasteiger partial charge in [-0.15, -0.1) is 0 Å². The van der Waals surface area contributed by atoms with E-state index in [0.29, 0.717) is 17.2 Å². The highest BCUT2D eigenvalue weighted by atomic mass is 19.4. The Bertz CT molecular complexity index is 1150. The van der Waals surface area contributed by atoms with Crippen LogP contribution in [-0.4, -0.2) is 21.0 Å². The number of aromatic carboxylic acids is 1. The standard InChI is InChI=1S/C19H12F3N5O2/c20-19(21,22)13-6-11(5-12(7-13)17(28)29)9-1-3-10(4-2-9)15-14(8-23)16(24)27-18(25)26-15/h1-7H,(H,28,29)(H4,24,25,26,27). The maximum atomic E-state index is 13.1. The van der Waals surface area contributed by atoms with Crippen molar-refractivity contribution in [2.24, 2.45) is 0 Å². The Morgan fingerprint density at radius 3 is 2.17 bits per heavy atom. The Labute approximate surface area is 162 Å². The zero-order valence-corrected chi connectivity index (χ0v) is 14.5. The van der Waals surface area contributed by atoms with E-state index in [2.05, 4.69) is 9.97 Å². The number of carboxylic acids is 1. The van der Waals surface area contributed by atoms with E-state index in [1.54, 1.807) is 0 Å². The number of nitrogens with two attached hydrogens (primary N) is 2. The molecule has 29 heavy (non-hydrogen) atoms. The first-order valence-electron chi connectivity index (χ1n) is 7.99. The molecule has 0 unspecified atom stereocenters. The molecule has 10 heteroatoms. The van der Waals surface area contributed by atoms with Crippen LogP contribution in [0.15, 0.2) is 42.5 Å². The van der Waals surface area contributed by atoms with Crippen molar-refractivity contribution in [1.29, 1.82) is 5.26 Å². The van der Waals surface area contributed by atoms with Crippen molar-refractivity contribution in [2.45, 2.75) is 6.18 Å². The van der Waals surface area contributed by atoms with Crippen molar-refractivity contribution in [1.82, 2.24) is 9.97 Å². The van der Waals surface area contributed by atoms with E-state index < -0.39 is 23.3 Å². The summed E-state index contributed by atoms with van der Waals surface area (Å²) in [6.07, 6.45) is -4.70. The van der Waals surface area contributed by atoms with Crippen LogP contribution in [0.4, 0.5) is 24.9 Å². The first-order valence-corrected chi connectivity index (χ1v) is 7.99. The van der Waals surface area contributed by atoms with Crippen LogP contribution in [0.1, 0.15) is 21.5 Å². The van der Waals surface area contributed by atoms with Crippen LogP contribution in [0.3, 0.4) is 0 Å². The number of aromatic nitrogens is 2. The monoisotopic (exact) mass is 399 g/mol. The Morgan fingerprint density at radius 1 is 1.00 bits per heavy atom. The molecule has 7 nitrogen and oxygen atoms in total. The molecule has 0 aliphatic carbocycles. The second-order valence-electron chi connectivity index (χ2n) is 5.98. The van der Waals surface area contributed by atoms with Crippen LogP contribution in [-0.2, 0) is 6.18 Å². The summed E-state index contributed by atoms with van der Waals surface area (Å²) in [7, 11) is 0. The fourth-order valence-corrected chi connectivity index (χ4v) is 2.72. The largest absolute Gasteiger partial charge is 0.478 e. The molecule has 2 aromatic carbocycles. The van der Waals surface area contributed by atoms with Crippen LogP contribution in [0.25, 0.3) is 22.4 Å². The summed E-state index contributed by atoms with van der Waals surface area (Å²) in [5, 5.41) is 18.4. The lowest BCUT2D eigenvalue weighted by molar-refractivity contribution is -0.137. The molecule has 1 aromatic heterocycles. The van der Waals surface area contributed by atoms with E-state index in [-0.39, 0.29) is 28.6 Å². The number of nitriles is 1. The number of anilines is 2. The Kier molecular flexibility index (Phi) is 4.82. The van der Waals surface area contributed by atoms with E-state index in [9.17, 15) is 23.2 Å². The highest BCUT2D eigenvalue weighted by Gasteiger charge is 2.32. The quantitative estimate of drug-likeness (QED) is 0.612. The first-order chi connectivity index (χ1) is 13.6. The molecule has 0 fully saturated rings. The molecule has 146 valence electrons. The van der Waals surface area contributed by atoms with Gasteiger partial charge >= 0.3 is 12.1 Å². The van der Waals surface area contributed by atoms with Gasteiger partial charge in [0.15, 0.2) is 0 Å². The third-order valence-corrected chi connectivity index (χ3v) is 4.07. The Morgan fingerprint density at radius 2 is 1.62 bits per heavy atom. The minimum atomic E-state index is -4.70. The Hall–Kier alpha value is -4.13. The number of alkyl halides is 3. The molecule has 0 atom stereocenters. The van der Waals surface area contributed by atoms with Gasteiger partial charge in [0.2, 0.25) is 5.95 Å². The predicted molar refractivity (Wildman–Crippen MR) is 98.4 cm³/mol. The molecule has 0 aliphatic rings. The molecule has 1 heterocycles. The average Bonchev–Trinajstić information content (AvgIpc) is 2.66. The van der Waals surface area contributed by atoms with Gasteiger partial charge < -0.3 is 16.6 Å². The van der Waals surface area contributed by atoms with E-state index in [4.69, 9.17) is 16.6 Å². The van der Waals surface area contributed by atoms with Crippen molar-refractivity contribution >= 4 is 17.7 Å². The van der Waals surface area contributed by atoms with E-state index in [1.165, 1.54) is 24.3 Å². The highest BCUT2D eigenvalue weighted by Crippen LogP contribution is 2.34. The fourth-order valence-electron chi connectivity index (χ4n) is 2.72. The van der Waals surface area contributed by atoms with E-state index >= 15 is 0 Å². The number of nitrogens with zero attached hydrogens (tertiary/aromatic N) is 3. The number of hydrogen-bond acceptors (Lipinski definition) is 6. The molecule has 0 saturated carbocycles. The first kappa shape index (κ1) is 19.6. The van der Waals surface area contributed by atoms with Crippen molar-refractivity contribution in [2.75, 3.05) is 11.5 Å².